The van der Waals surface area contributed by atoms with Gasteiger partial charge in [-0.15, -0.1) is 0 Å². The topological polar surface area (TPSA) is 64.9 Å². The highest BCUT2D eigenvalue weighted by molar-refractivity contribution is 5.87. The summed E-state index contributed by atoms with van der Waals surface area (Å²) in [7, 11) is 0. The molecule has 0 radical (unpaired) electrons. The fourth-order valence-corrected chi connectivity index (χ4v) is 2.42. The van der Waals surface area contributed by atoms with E-state index in [9.17, 15) is 4.39 Å². The molecule has 3 aromatic rings. The van der Waals surface area contributed by atoms with Crippen LogP contribution in [-0.4, -0.2) is 4.98 Å². The fourth-order valence-electron chi connectivity index (χ4n) is 2.42. The molecule has 3 rings (SSSR count). The molecular weight excluding hydrogens is 253 g/mol. The Morgan fingerprint density at radius 2 is 1.65 bits per heavy atom. The van der Waals surface area contributed by atoms with Gasteiger partial charge in [-0.1, -0.05) is 36.4 Å². The second-order valence-corrected chi connectivity index (χ2v) is 4.64. The standard InChI is InChI=1S/C16H14FN3/c17-14-8-7-12(10-4-1-2-5-11(10)14)15(18)13-6-3-9-20-16(13)19/h1-9,15H,18H2,(H2,19,20). The molecule has 0 amide bonds. The minimum atomic E-state index is -0.436. The maximum Gasteiger partial charge on any atom is 0.131 e. The summed E-state index contributed by atoms with van der Waals surface area (Å²) in [5.74, 6) is 0.143. The van der Waals surface area contributed by atoms with Crippen LogP contribution in [-0.2, 0) is 0 Å². The SMILES string of the molecule is Nc1ncccc1C(N)c1ccc(F)c2ccccc12. The van der Waals surface area contributed by atoms with Gasteiger partial charge >= 0.3 is 0 Å². The van der Waals surface area contributed by atoms with Crippen molar-refractivity contribution < 1.29 is 4.39 Å². The number of pyridine rings is 1. The van der Waals surface area contributed by atoms with Gasteiger partial charge in [0.25, 0.3) is 0 Å². The van der Waals surface area contributed by atoms with Crippen LogP contribution in [0.5, 0.6) is 0 Å². The first kappa shape index (κ1) is 12.6. The molecule has 0 saturated heterocycles. The molecule has 1 aromatic heterocycles. The normalized spacial score (nSPS) is 12.5. The maximum atomic E-state index is 13.8. The predicted molar refractivity (Wildman–Crippen MR) is 78.6 cm³/mol. The Labute approximate surface area is 116 Å². The second kappa shape index (κ2) is 4.90. The van der Waals surface area contributed by atoms with Crippen molar-refractivity contribution in [1.29, 1.82) is 0 Å². The summed E-state index contributed by atoms with van der Waals surface area (Å²) >= 11 is 0. The van der Waals surface area contributed by atoms with Crippen LogP contribution in [0, 0.1) is 5.82 Å². The first-order valence-electron chi connectivity index (χ1n) is 6.31. The molecule has 20 heavy (non-hydrogen) atoms. The van der Waals surface area contributed by atoms with Crippen LogP contribution in [0.1, 0.15) is 17.2 Å². The van der Waals surface area contributed by atoms with Gasteiger partial charge in [-0.05, 0) is 23.1 Å². The molecule has 3 nitrogen and oxygen atoms in total. The van der Waals surface area contributed by atoms with Crippen LogP contribution in [0.25, 0.3) is 10.8 Å². The van der Waals surface area contributed by atoms with Gasteiger partial charge in [0.15, 0.2) is 0 Å². The lowest BCUT2D eigenvalue weighted by Crippen LogP contribution is -2.15. The van der Waals surface area contributed by atoms with Crippen molar-refractivity contribution >= 4 is 16.6 Å². The zero-order chi connectivity index (χ0) is 14.1. The van der Waals surface area contributed by atoms with Crippen molar-refractivity contribution in [2.45, 2.75) is 6.04 Å². The van der Waals surface area contributed by atoms with Gasteiger partial charge in [0.1, 0.15) is 11.6 Å². The number of anilines is 1. The Balaban J connectivity index is 2.20. The Morgan fingerprint density at radius 3 is 2.40 bits per heavy atom. The van der Waals surface area contributed by atoms with Gasteiger partial charge in [0, 0.05) is 17.1 Å². The molecule has 1 unspecified atom stereocenters. The number of hydrogen-bond donors (Lipinski definition) is 2. The Morgan fingerprint density at radius 1 is 0.900 bits per heavy atom. The van der Waals surface area contributed by atoms with Crippen molar-refractivity contribution in [2.24, 2.45) is 5.73 Å². The molecule has 0 bridgehead atoms. The molecule has 4 N–H and O–H groups in total. The van der Waals surface area contributed by atoms with Gasteiger partial charge in [0.2, 0.25) is 0 Å². The van der Waals surface area contributed by atoms with Gasteiger partial charge in [-0.25, -0.2) is 9.37 Å². The number of rotatable bonds is 2. The van der Waals surface area contributed by atoms with Crippen molar-refractivity contribution in [3.8, 4) is 0 Å². The molecule has 0 fully saturated rings. The quantitative estimate of drug-likeness (QED) is 0.750. The minimum Gasteiger partial charge on any atom is -0.383 e. The Bertz CT molecular complexity index is 771. The molecule has 2 aromatic carbocycles. The zero-order valence-electron chi connectivity index (χ0n) is 10.8. The van der Waals surface area contributed by atoms with Crippen molar-refractivity contribution in [1.82, 2.24) is 4.98 Å². The monoisotopic (exact) mass is 267 g/mol. The average molecular weight is 267 g/mol. The number of fused-ring (bicyclic) bond motifs is 1. The van der Waals surface area contributed by atoms with Crippen LogP contribution in [0.15, 0.2) is 54.7 Å². The van der Waals surface area contributed by atoms with E-state index in [0.717, 1.165) is 16.5 Å². The summed E-state index contributed by atoms with van der Waals surface area (Å²) in [6, 6.07) is 13.6. The van der Waals surface area contributed by atoms with Crippen molar-refractivity contribution in [3.63, 3.8) is 0 Å². The summed E-state index contributed by atoms with van der Waals surface area (Å²) in [6.07, 6.45) is 1.62. The fraction of sp³-hybridized carbons (Fsp3) is 0.0625. The number of aromatic nitrogens is 1. The van der Waals surface area contributed by atoms with Crippen LogP contribution >= 0.6 is 0 Å². The third kappa shape index (κ3) is 2.00. The molecule has 0 spiro atoms. The molecule has 4 heteroatoms. The van der Waals surface area contributed by atoms with E-state index in [1.807, 2.05) is 18.2 Å². The number of hydrogen-bond acceptors (Lipinski definition) is 3. The summed E-state index contributed by atoms with van der Waals surface area (Å²) in [6.45, 7) is 0. The predicted octanol–water partition coefficient (Wildman–Crippen LogP) is 3.00. The van der Waals surface area contributed by atoms with E-state index in [-0.39, 0.29) is 5.82 Å². The highest BCUT2D eigenvalue weighted by Gasteiger charge is 2.16. The molecule has 0 aliphatic rings. The lowest BCUT2D eigenvalue weighted by molar-refractivity contribution is 0.639. The first-order chi connectivity index (χ1) is 9.68. The first-order valence-corrected chi connectivity index (χ1v) is 6.31. The van der Waals surface area contributed by atoms with Gasteiger partial charge in [-0.2, -0.15) is 0 Å². The third-order valence-corrected chi connectivity index (χ3v) is 3.45. The molecule has 100 valence electrons. The molecular formula is C16H14FN3. The van der Waals surface area contributed by atoms with Crippen LogP contribution in [0.2, 0.25) is 0 Å². The summed E-state index contributed by atoms with van der Waals surface area (Å²) < 4.78 is 13.8. The van der Waals surface area contributed by atoms with E-state index in [1.54, 1.807) is 30.5 Å². The molecule has 0 saturated carbocycles. The van der Waals surface area contributed by atoms with Crippen molar-refractivity contribution in [3.05, 3.63) is 71.7 Å². The van der Waals surface area contributed by atoms with Crippen LogP contribution < -0.4 is 11.5 Å². The molecule has 1 atom stereocenters. The minimum absolute atomic E-state index is 0.254. The third-order valence-electron chi connectivity index (χ3n) is 3.45. The number of halogens is 1. The summed E-state index contributed by atoms with van der Waals surface area (Å²) in [4.78, 5) is 4.05. The highest BCUT2D eigenvalue weighted by Crippen LogP contribution is 2.30. The summed E-state index contributed by atoms with van der Waals surface area (Å²) in [5, 5.41) is 1.35. The van der Waals surface area contributed by atoms with E-state index < -0.39 is 6.04 Å². The van der Waals surface area contributed by atoms with Crippen LogP contribution in [0.4, 0.5) is 10.2 Å². The van der Waals surface area contributed by atoms with E-state index in [0.29, 0.717) is 11.2 Å². The van der Waals surface area contributed by atoms with E-state index in [1.165, 1.54) is 6.07 Å². The maximum absolute atomic E-state index is 13.8. The average Bonchev–Trinajstić information content (AvgIpc) is 2.48. The lowest BCUT2D eigenvalue weighted by Gasteiger charge is -2.16. The van der Waals surface area contributed by atoms with Gasteiger partial charge in [0.05, 0.1) is 6.04 Å². The Hall–Kier alpha value is -2.46. The number of nitrogens with zero attached hydrogens (tertiary/aromatic N) is 1. The van der Waals surface area contributed by atoms with Gasteiger partial charge < -0.3 is 11.5 Å². The Kier molecular flexibility index (Phi) is 3.08. The van der Waals surface area contributed by atoms with Crippen molar-refractivity contribution in [2.75, 3.05) is 5.73 Å². The zero-order valence-corrected chi connectivity index (χ0v) is 10.8. The number of benzene rings is 2. The van der Waals surface area contributed by atoms with E-state index >= 15 is 0 Å². The number of nitrogen functional groups attached to an aromatic ring is 1. The summed E-state index contributed by atoms with van der Waals surface area (Å²) in [5.41, 5.74) is 13.7. The second-order valence-electron chi connectivity index (χ2n) is 4.64. The highest BCUT2D eigenvalue weighted by atomic mass is 19.1. The largest absolute Gasteiger partial charge is 0.383 e. The lowest BCUT2D eigenvalue weighted by atomic mass is 9.94. The van der Waals surface area contributed by atoms with Gasteiger partial charge in [-0.3, -0.25) is 0 Å². The smallest absolute Gasteiger partial charge is 0.131 e. The molecule has 1 heterocycles. The molecule has 0 aliphatic heterocycles. The number of nitrogens with two attached hydrogens (primary N) is 2. The molecule has 0 aliphatic carbocycles. The van der Waals surface area contributed by atoms with E-state index in [4.69, 9.17) is 11.5 Å². The van der Waals surface area contributed by atoms with Crippen LogP contribution in [0.3, 0.4) is 0 Å². The van der Waals surface area contributed by atoms with E-state index in [2.05, 4.69) is 4.98 Å².